The molecule has 0 unspecified atom stereocenters. The Labute approximate surface area is 82.3 Å². The normalized spacial score (nSPS) is 10.6. The number of hydrogen-bond acceptors (Lipinski definition) is 2. The second kappa shape index (κ2) is 5.07. The molecular weight excluding hydrogens is 180 g/mol. The Kier molecular flexibility index (Phi) is 3.73. The number of phenols is 1. The molecule has 0 aromatic heterocycles. The Morgan fingerprint density at radius 2 is 2.07 bits per heavy atom. The van der Waals surface area contributed by atoms with Crippen LogP contribution in [0.1, 0.15) is 12.0 Å². The Hall–Kier alpha value is -1.77. The minimum absolute atomic E-state index is 0.260. The van der Waals surface area contributed by atoms with E-state index in [1.807, 2.05) is 12.1 Å². The summed E-state index contributed by atoms with van der Waals surface area (Å²) in [5.74, 6) is -0.682. The number of aliphatic carboxylic acids is 1. The van der Waals surface area contributed by atoms with Crippen molar-refractivity contribution in [3.8, 4) is 5.75 Å². The summed E-state index contributed by atoms with van der Waals surface area (Å²) in [4.78, 5) is 10.1. The molecule has 0 aliphatic rings. The highest BCUT2D eigenvalue weighted by molar-refractivity contribution is 5.79. The highest BCUT2D eigenvalue weighted by Crippen LogP contribution is 2.17. The van der Waals surface area contributed by atoms with Gasteiger partial charge in [0.05, 0.1) is 0 Å². The van der Waals surface area contributed by atoms with Crippen LogP contribution in [0.25, 0.3) is 0 Å². The van der Waals surface area contributed by atoms with E-state index in [4.69, 9.17) is 5.11 Å². The van der Waals surface area contributed by atoms with E-state index >= 15 is 0 Å². The van der Waals surface area contributed by atoms with Gasteiger partial charge in [-0.25, -0.2) is 4.79 Å². The van der Waals surface area contributed by atoms with Gasteiger partial charge in [0, 0.05) is 6.08 Å². The van der Waals surface area contributed by atoms with E-state index in [1.165, 1.54) is 0 Å². The number of para-hydroxylation sites is 1. The molecule has 0 aliphatic carbocycles. The van der Waals surface area contributed by atoms with Gasteiger partial charge in [0.2, 0.25) is 0 Å². The number of allylic oxidation sites excluding steroid dienone is 1. The average Bonchev–Trinajstić information content (AvgIpc) is 2.15. The maximum Gasteiger partial charge on any atom is 0.327 e. The SMILES string of the molecule is O=C(O)/C=C/CCc1ccccc1O. The summed E-state index contributed by atoms with van der Waals surface area (Å²) < 4.78 is 0. The Morgan fingerprint density at radius 3 is 2.71 bits per heavy atom. The Morgan fingerprint density at radius 1 is 1.36 bits per heavy atom. The lowest BCUT2D eigenvalue weighted by Gasteiger charge is -2.00. The third kappa shape index (κ3) is 3.31. The van der Waals surface area contributed by atoms with E-state index in [2.05, 4.69) is 0 Å². The first-order valence-corrected chi connectivity index (χ1v) is 4.36. The molecule has 0 atom stereocenters. The molecular formula is C11H12O3. The number of hydrogen-bond donors (Lipinski definition) is 2. The number of carbonyl (C=O) groups is 1. The largest absolute Gasteiger partial charge is 0.508 e. The van der Waals surface area contributed by atoms with E-state index in [9.17, 15) is 9.90 Å². The van der Waals surface area contributed by atoms with E-state index in [0.29, 0.717) is 12.8 Å². The summed E-state index contributed by atoms with van der Waals surface area (Å²) >= 11 is 0. The van der Waals surface area contributed by atoms with Crippen LogP contribution >= 0.6 is 0 Å². The van der Waals surface area contributed by atoms with Crippen LogP contribution in [0.4, 0.5) is 0 Å². The van der Waals surface area contributed by atoms with Crippen LogP contribution < -0.4 is 0 Å². The van der Waals surface area contributed by atoms with Crippen molar-refractivity contribution in [1.29, 1.82) is 0 Å². The predicted octanol–water partition coefficient (Wildman–Crippen LogP) is 1.97. The summed E-state index contributed by atoms with van der Waals surface area (Å²) in [6.07, 6.45) is 3.95. The molecule has 0 amide bonds. The zero-order valence-electron chi connectivity index (χ0n) is 7.68. The number of aryl methyl sites for hydroxylation is 1. The number of phenolic OH excluding ortho intramolecular Hbond substituents is 1. The lowest BCUT2D eigenvalue weighted by molar-refractivity contribution is -0.131. The van der Waals surface area contributed by atoms with Gasteiger partial charge >= 0.3 is 5.97 Å². The van der Waals surface area contributed by atoms with Crippen LogP contribution in [0, 0.1) is 0 Å². The zero-order chi connectivity index (χ0) is 10.4. The van der Waals surface area contributed by atoms with Gasteiger partial charge in [-0.15, -0.1) is 0 Å². The molecule has 0 saturated heterocycles. The fourth-order valence-electron chi connectivity index (χ4n) is 1.15. The van der Waals surface area contributed by atoms with Crippen LogP contribution in [0.5, 0.6) is 5.75 Å². The summed E-state index contributed by atoms with van der Waals surface area (Å²) in [6.45, 7) is 0. The Bertz CT molecular complexity index is 342. The van der Waals surface area contributed by atoms with Crippen molar-refractivity contribution >= 4 is 5.97 Å². The minimum atomic E-state index is -0.942. The van der Waals surface area contributed by atoms with E-state index in [0.717, 1.165) is 11.6 Å². The highest BCUT2D eigenvalue weighted by atomic mass is 16.4. The van der Waals surface area contributed by atoms with Gasteiger partial charge in [-0.3, -0.25) is 0 Å². The first-order chi connectivity index (χ1) is 6.70. The molecule has 74 valence electrons. The lowest BCUT2D eigenvalue weighted by Crippen LogP contribution is -1.87. The number of benzene rings is 1. The molecule has 1 aromatic carbocycles. The second-order valence-electron chi connectivity index (χ2n) is 2.91. The molecule has 1 rings (SSSR count). The molecule has 0 spiro atoms. The predicted molar refractivity (Wildman–Crippen MR) is 53.2 cm³/mol. The summed E-state index contributed by atoms with van der Waals surface area (Å²) in [5.41, 5.74) is 0.836. The third-order valence-corrected chi connectivity index (χ3v) is 1.83. The number of carboxylic acids is 1. The molecule has 0 saturated carbocycles. The summed E-state index contributed by atoms with van der Waals surface area (Å²) in [5, 5.41) is 17.7. The molecule has 1 aromatic rings. The maximum atomic E-state index is 10.1. The molecule has 3 nitrogen and oxygen atoms in total. The van der Waals surface area contributed by atoms with Crippen molar-refractivity contribution in [2.24, 2.45) is 0 Å². The highest BCUT2D eigenvalue weighted by Gasteiger charge is 1.97. The molecule has 0 aliphatic heterocycles. The van der Waals surface area contributed by atoms with E-state index in [1.54, 1.807) is 18.2 Å². The van der Waals surface area contributed by atoms with Gasteiger partial charge in [-0.05, 0) is 24.5 Å². The number of rotatable bonds is 4. The standard InChI is InChI=1S/C11H12O3/c12-10-7-3-1-5-9(10)6-2-4-8-11(13)14/h1,3-5,7-8,12H,2,6H2,(H,13,14)/b8-4+. The number of carboxylic acid groups (broad SMARTS) is 1. The van der Waals surface area contributed by atoms with E-state index < -0.39 is 5.97 Å². The van der Waals surface area contributed by atoms with Gasteiger partial charge in [0.25, 0.3) is 0 Å². The molecule has 0 fully saturated rings. The molecule has 3 heteroatoms. The van der Waals surface area contributed by atoms with Gasteiger partial charge in [-0.1, -0.05) is 24.3 Å². The third-order valence-electron chi connectivity index (χ3n) is 1.83. The van der Waals surface area contributed by atoms with Crippen molar-refractivity contribution in [2.45, 2.75) is 12.8 Å². The van der Waals surface area contributed by atoms with Gasteiger partial charge in [0.1, 0.15) is 5.75 Å². The lowest BCUT2D eigenvalue weighted by atomic mass is 10.1. The van der Waals surface area contributed by atoms with Crippen LogP contribution in [-0.4, -0.2) is 16.2 Å². The molecule has 0 bridgehead atoms. The molecule has 14 heavy (non-hydrogen) atoms. The Balaban J connectivity index is 2.46. The van der Waals surface area contributed by atoms with Crippen LogP contribution in [0.15, 0.2) is 36.4 Å². The monoisotopic (exact) mass is 192 g/mol. The van der Waals surface area contributed by atoms with Crippen molar-refractivity contribution in [1.82, 2.24) is 0 Å². The van der Waals surface area contributed by atoms with Gasteiger partial charge in [0.15, 0.2) is 0 Å². The number of aromatic hydroxyl groups is 1. The molecule has 2 N–H and O–H groups in total. The summed E-state index contributed by atoms with van der Waals surface area (Å²) in [6, 6.07) is 7.04. The van der Waals surface area contributed by atoms with Crippen molar-refractivity contribution in [2.75, 3.05) is 0 Å². The van der Waals surface area contributed by atoms with Crippen LogP contribution in [0.2, 0.25) is 0 Å². The topological polar surface area (TPSA) is 57.5 Å². The van der Waals surface area contributed by atoms with Crippen molar-refractivity contribution in [3.63, 3.8) is 0 Å². The van der Waals surface area contributed by atoms with Gasteiger partial charge in [-0.2, -0.15) is 0 Å². The van der Waals surface area contributed by atoms with Gasteiger partial charge < -0.3 is 10.2 Å². The smallest absolute Gasteiger partial charge is 0.327 e. The fourth-order valence-corrected chi connectivity index (χ4v) is 1.15. The van der Waals surface area contributed by atoms with Crippen molar-refractivity contribution < 1.29 is 15.0 Å². The van der Waals surface area contributed by atoms with Crippen LogP contribution in [-0.2, 0) is 11.2 Å². The molecule has 0 heterocycles. The maximum absolute atomic E-state index is 10.1. The zero-order valence-corrected chi connectivity index (χ0v) is 7.68. The summed E-state index contributed by atoms with van der Waals surface area (Å²) in [7, 11) is 0. The first kappa shape index (κ1) is 10.3. The van der Waals surface area contributed by atoms with Crippen molar-refractivity contribution in [3.05, 3.63) is 42.0 Å². The molecule has 0 radical (unpaired) electrons. The minimum Gasteiger partial charge on any atom is -0.508 e. The fraction of sp³-hybridized carbons (Fsp3) is 0.182. The average molecular weight is 192 g/mol. The van der Waals surface area contributed by atoms with Crippen LogP contribution in [0.3, 0.4) is 0 Å². The van der Waals surface area contributed by atoms with E-state index in [-0.39, 0.29) is 5.75 Å². The quantitative estimate of drug-likeness (QED) is 0.717. The first-order valence-electron chi connectivity index (χ1n) is 4.36. The second-order valence-corrected chi connectivity index (χ2v) is 2.91.